The molecule has 110 valence electrons. The van der Waals surface area contributed by atoms with E-state index in [4.69, 9.17) is 10.5 Å². The van der Waals surface area contributed by atoms with Crippen molar-refractivity contribution in [3.05, 3.63) is 24.3 Å². The van der Waals surface area contributed by atoms with Gasteiger partial charge in [0, 0.05) is 11.7 Å². The van der Waals surface area contributed by atoms with Gasteiger partial charge in [0.15, 0.2) is 6.61 Å². The van der Waals surface area contributed by atoms with Crippen LogP contribution in [-0.2, 0) is 14.6 Å². The normalized spacial score (nSPS) is 18.4. The second-order valence-electron chi connectivity index (χ2n) is 4.85. The van der Waals surface area contributed by atoms with E-state index in [1.165, 1.54) is 0 Å². The van der Waals surface area contributed by atoms with Gasteiger partial charge < -0.3 is 15.8 Å². The molecule has 2 rings (SSSR count). The first kappa shape index (κ1) is 14.6. The molecule has 1 saturated heterocycles. The number of hydrogen-bond donors (Lipinski definition) is 2. The van der Waals surface area contributed by atoms with Crippen molar-refractivity contribution >= 4 is 21.4 Å². The van der Waals surface area contributed by atoms with E-state index in [2.05, 4.69) is 5.32 Å². The van der Waals surface area contributed by atoms with Crippen molar-refractivity contribution < 1.29 is 17.9 Å². The van der Waals surface area contributed by atoms with Crippen LogP contribution >= 0.6 is 0 Å². The number of ether oxygens (including phenoxy) is 1. The summed E-state index contributed by atoms with van der Waals surface area (Å²) in [6, 6.07) is 7.32. The predicted molar refractivity (Wildman–Crippen MR) is 76.4 cm³/mol. The maximum absolute atomic E-state index is 11.3. The standard InChI is InChI=1S/C13H18N2O4S/c14-13(16)9-19-12-3-1-10(2-4-12)15-11-5-7-20(17,18)8-6-11/h1-4,11,15H,5-9H2,(H2,14,16). The maximum atomic E-state index is 11.3. The zero-order valence-electron chi connectivity index (χ0n) is 11.0. The minimum absolute atomic E-state index is 0.146. The second kappa shape index (κ2) is 6.13. The van der Waals surface area contributed by atoms with Gasteiger partial charge in [0.1, 0.15) is 15.6 Å². The molecule has 0 saturated carbocycles. The molecule has 0 aliphatic carbocycles. The second-order valence-corrected chi connectivity index (χ2v) is 7.15. The number of rotatable bonds is 5. The lowest BCUT2D eigenvalue weighted by molar-refractivity contribution is -0.119. The van der Waals surface area contributed by atoms with Gasteiger partial charge in [-0.1, -0.05) is 0 Å². The fourth-order valence-electron chi connectivity index (χ4n) is 2.07. The van der Waals surface area contributed by atoms with Crippen LogP contribution in [0.5, 0.6) is 5.75 Å². The fourth-order valence-corrected chi connectivity index (χ4v) is 3.56. The zero-order valence-corrected chi connectivity index (χ0v) is 11.9. The molecule has 3 N–H and O–H groups in total. The van der Waals surface area contributed by atoms with Crippen LogP contribution in [-0.4, -0.2) is 38.5 Å². The Balaban J connectivity index is 1.86. The number of primary amides is 1. The highest BCUT2D eigenvalue weighted by molar-refractivity contribution is 7.91. The van der Waals surface area contributed by atoms with Crippen LogP contribution in [0, 0.1) is 0 Å². The van der Waals surface area contributed by atoms with Crippen LogP contribution in [0.1, 0.15) is 12.8 Å². The number of amides is 1. The van der Waals surface area contributed by atoms with Gasteiger partial charge in [-0.2, -0.15) is 0 Å². The third-order valence-corrected chi connectivity index (χ3v) is 4.88. The van der Waals surface area contributed by atoms with Crippen molar-refractivity contribution in [2.24, 2.45) is 5.73 Å². The molecule has 7 heteroatoms. The molecule has 1 aliphatic rings. The highest BCUT2D eigenvalue weighted by atomic mass is 32.2. The van der Waals surface area contributed by atoms with E-state index in [1.54, 1.807) is 12.1 Å². The largest absolute Gasteiger partial charge is 0.484 e. The van der Waals surface area contributed by atoms with Crippen molar-refractivity contribution in [1.29, 1.82) is 0 Å². The molecule has 20 heavy (non-hydrogen) atoms. The van der Waals surface area contributed by atoms with Crippen LogP contribution in [0.3, 0.4) is 0 Å². The van der Waals surface area contributed by atoms with Gasteiger partial charge in [-0.15, -0.1) is 0 Å². The fraction of sp³-hybridized carbons (Fsp3) is 0.462. The SMILES string of the molecule is NC(=O)COc1ccc(NC2CCS(=O)(=O)CC2)cc1. The van der Waals surface area contributed by atoms with Crippen LogP contribution in [0.4, 0.5) is 5.69 Å². The Labute approximate surface area is 118 Å². The molecule has 6 nitrogen and oxygen atoms in total. The lowest BCUT2D eigenvalue weighted by Crippen LogP contribution is -2.32. The summed E-state index contributed by atoms with van der Waals surface area (Å²) in [4.78, 5) is 10.6. The number of sulfone groups is 1. The predicted octanol–water partition coefficient (Wildman–Crippen LogP) is 0.540. The van der Waals surface area contributed by atoms with E-state index in [-0.39, 0.29) is 24.2 Å². The van der Waals surface area contributed by atoms with Gasteiger partial charge in [0.25, 0.3) is 5.91 Å². The lowest BCUT2D eigenvalue weighted by atomic mass is 10.1. The molecular formula is C13H18N2O4S. The first-order valence-electron chi connectivity index (χ1n) is 6.43. The number of carbonyl (C=O) groups is 1. The average molecular weight is 298 g/mol. The highest BCUT2D eigenvalue weighted by Gasteiger charge is 2.23. The molecule has 1 amide bonds. The summed E-state index contributed by atoms with van der Waals surface area (Å²) < 4.78 is 27.8. The quantitative estimate of drug-likeness (QED) is 0.826. The van der Waals surface area contributed by atoms with Gasteiger partial charge in [-0.3, -0.25) is 4.79 Å². The van der Waals surface area contributed by atoms with Gasteiger partial charge in [0.2, 0.25) is 0 Å². The molecule has 1 aliphatic heterocycles. The Morgan fingerprint density at radius 1 is 1.25 bits per heavy atom. The molecular weight excluding hydrogens is 280 g/mol. The van der Waals surface area contributed by atoms with Crippen LogP contribution in [0.2, 0.25) is 0 Å². The molecule has 0 spiro atoms. The van der Waals surface area contributed by atoms with Gasteiger partial charge >= 0.3 is 0 Å². The van der Waals surface area contributed by atoms with Crippen molar-refractivity contribution in [2.75, 3.05) is 23.4 Å². The number of anilines is 1. The van der Waals surface area contributed by atoms with Gasteiger partial charge in [-0.25, -0.2) is 8.42 Å². The van der Waals surface area contributed by atoms with Crippen LogP contribution in [0.25, 0.3) is 0 Å². The number of nitrogens with one attached hydrogen (secondary N) is 1. The van der Waals surface area contributed by atoms with E-state index >= 15 is 0 Å². The third kappa shape index (κ3) is 4.41. The molecule has 1 fully saturated rings. The zero-order chi connectivity index (χ0) is 14.6. The van der Waals surface area contributed by atoms with Crippen molar-refractivity contribution in [3.63, 3.8) is 0 Å². The highest BCUT2D eigenvalue weighted by Crippen LogP contribution is 2.20. The first-order valence-corrected chi connectivity index (χ1v) is 8.25. The van der Waals surface area contributed by atoms with E-state index in [0.29, 0.717) is 18.6 Å². The van der Waals surface area contributed by atoms with E-state index in [0.717, 1.165) is 5.69 Å². The minimum atomic E-state index is -2.83. The van der Waals surface area contributed by atoms with Gasteiger partial charge in [-0.05, 0) is 37.1 Å². The Kier molecular flexibility index (Phi) is 4.49. The van der Waals surface area contributed by atoms with Crippen LogP contribution in [0.15, 0.2) is 24.3 Å². The summed E-state index contributed by atoms with van der Waals surface area (Å²) in [5.74, 6) is 0.533. The smallest absolute Gasteiger partial charge is 0.255 e. The average Bonchev–Trinajstić information content (AvgIpc) is 2.40. The molecule has 0 aromatic heterocycles. The van der Waals surface area contributed by atoms with Crippen molar-refractivity contribution in [2.45, 2.75) is 18.9 Å². The number of hydrogen-bond acceptors (Lipinski definition) is 5. The topological polar surface area (TPSA) is 98.5 Å². The Morgan fingerprint density at radius 2 is 1.85 bits per heavy atom. The minimum Gasteiger partial charge on any atom is -0.484 e. The Bertz CT molecular complexity index is 555. The molecule has 1 aromatic rings. The molecule has 1 heterocycles. The number of benzene rings is 1. The summed E-state index contributed by atoms with van der Waals surface area (Å²) in [5.41, 5.74) is 5.89. The Hall–Kier alpha value is -1.76. The van der Waals surface area contributed by atoms with E-state index < -0.39 is 15.7 Å². The van der Waals surface area contributed by atoms with Crippen LogP contribution < -0.4 is 15.8 Å². The Morgan fingerprint density at radius 3 is 2.40 bits per heavy atom. The number of nitrogens with two attached hydrogens (primary N) is 1. The first-order chi connectivity index (χ1) is 9.44. The van der Waals surface area contributed by atoms with Crippen molar-refractivity contribution in [1.82, 2.24) is 0 Å². The monoisotopic (exact) mass is 298 g/mol. The van der Waals surface area contributed by atoms with Crippen molar-refractivity contribution in [3.8, 4) is 5.75 Å². The summed E-state index contributed by atoms with van der Waals surface area (Å²) in [6.07, 6.45) is 1.25. The third-order valence-electron chi connectivity index (χ3n) is 3.16. The summed E-state index contributed by atoms with van der Waals surface area (Å²) in [6.45, 7) is -0.146. The summed E-state index contributed by atoms with van der Waals surface area (Å²) in [5, 5.41) is 3.30. The van der Waals surface area contributed by atoms with Gasteiger partial charge in [0.05, 0.1) is 11.5 Å². The molecule has 0 unspecified atom stereocenters. The van der Waals surface area contributed by atoms with E-state index in [1.807, 2.05) is 12.1 Å². The number of carbonyl (C=O) groups excluding carboxylic acids is 1. The molecule has 0 atom stereocenters. The molecule has 0 bridgehead atoms. The van der Waals surface area contributed by atoms with E-state index in [9.17, 15) is 13.2 Å². The molecule has 0 radical (unpaired) electrons. The summed E-state index contributed by atoms with van der Waals surface area (Å²) in [7, 11) is -2.83. The maximum Gasteiger partial charge on any atom is 0.255 e. The summed E-state index contributed by atoms with van der Waals surface area (Å²) >= 11 is 0. The molecule has 1 aromatic carbocycles. The lowest BCUT2D eigenvalue weighted by Gasteiger charge is -2.24.